The summed E-state index contributed by atoms with van der Waals surface area (Å²) in [5, 5.41) is 1.26. The second kappa shape index (κ2) is 21.1. The Kier molecular flexibility index (Phi) is 18.2. The predicted molar refractivity (Wildman–Crippen MR) is 156 cm³/mol. The summed E-state index contributed by atoms with van der Waals surface area (Å²) >= 11 is 0. The molecule has 1 aliphatic heterocycles. The van der Waals surface area contributed by atoms with E-state index in [0.717, 1.165) is 39.0 Å². The summed E-state index contributed by atoms with van der Waals surface area (Å²) in [7, 11) is 0. The van der Waals surface area contributed by atoms with Gasteiger partial charge in [-0.1, -0.05) is 103 Å². The molecule has 1 saturated heterocycles. The van der Waals surface area contributed by atoms with E-state index in [9.17, 15) is 4.79 Å². The lowest BCUT2D eigenvalue weighted by Gasteiger charge is -2.12. The SMILES string of the molecule is CCCCCCCCCCCCCCCCOCC1CN(CCCC[n+]2cccc3ccccc32)C(=O)O1.[Br-]. The molecule has 2 aromatic rings. The summed E-state index contributed by atoms with van der Waals surface area (Å²) in [5.41, 5.74) is 1.26. The van der Waals surface area contributed by atoms with Gasteiger partial charge in [-0.15, -0.1) is 0 Å². The first-order chi connectivity index (χ1) is 18.8. The Hall–Kier alpha value is -1.66. The van der Waals surface area contributed by atoms with Crippen molar-refractivity contribution in [1.82, 2.24) is 4.90 Å². The standard InChI is InChI=1S/C33H53N2O3.BrH/c1-2-3-4-5-6-7-8-9-10-11-12-13-14-19-27-37-29-31-28-35(33(36)38-31)25-18-17-24-34-26-20-22-30-21-15-16-23-32(30)34;/h15-16,20-23,26,31H,2-14,17-19,24-25,27-29H2,1H3;1H/q+1;/p-1. The number of cyclic esters (lactones) is 1. The third-order valence-corrected chi connectivity index (χ3v) is 7.76. The maximum absolute atomic E-state index is 12.2. The van der Waals surface area contributed by atoms with Gasteiger partial charge in [0.1, 0.15) is 12.6 Å². The lowest BCUT2D eigenvalue weighted by atomic mass is 10.0. The van der Waals surface area contributed by atoms with Gasteiger partial charge in [-0.05, 0) is 25.0 Å². The average molecular weight is 606 g/mol. The number of hydrogen-bond acceptors (Lipinski definition) is 3. The minimum Gasteiger partial charge on any atom is -1.00 e. The van der Waals surface area contributed by atoms with Crippen molar-refractivity contribution < 1.29 is 35.8 Å². The molecule has 2 heterocycles. The number of aromatic nitrogens is 1. The maximum Gasteiger partial charge on any atom is 0.410 e. The lowest BCUT2D eigenvalue weighted by molar-refractivity contribution is -0.671. The van der Waals surface area contributed by atoms with Crippen LogP contribution in [0.1, 0.15) is 110 Å². The molecule has 0 radical (unpaired) electrons. The highest BCUT2D eigenvalue weighted by molar-refractivity contribution is 5.74. The molecule has 6 heteroatoms. The van der Waals surface area contributed by atoms with E-state index in [-0.39, 0.29) is 29.2 Å². The van der Waals surface area contributed by atoms with E-state index < -0.39 is 0 Å². The Balaban J connectivity index is 0.00000533. The molecule has 0 bridgehead atoms. The monoisotopic (exact) mass is 604 g/mol. The number of nitrogens with zero attached hydrogens (tertiary/aromatic N) is 2. The number of aryl methyl sites for hydroxylation is 1. The van der Waals surface area contributed by atoms with Gasteiger partial charge in [-0.2, -0.15) is 4.57 Å². The fourth-order valence-electron chi connectivity index (χ4n) is 5.46. The van der Waals surface area contributed by atoms with Gasteiger partial charge >= 0.3 is 6.09 Å². The highest BCUT2D eigenvalue weighted by atomic mass is 79.9. The number of unbranched alkanes of at least 4 members (excludes halogenated alkanes) is 14. The highest BCUT2D eigenvalue weighted by Gasteiger charge is 2.30. The average Bonchev–Trinajstić information content (AvgIpc) is 3.29. The number of para-hydroxylation sites is 1. The van der Waals surface area contributed by atoms with E-state index in [1.54, 1.807) is 0 Å². The van der Waals surface area contributed by atoms with Crippen molar-refractivity contribution >= 4 is 17.0 Å². The zero-order chi connectivity index (χ0) is 26.7. The second-order valence-corrected chi connectivity index (χ2v) is 11.1. The third kappa shape index (κ3) is 13.5. The van der Waals surface area contributed by atoms with Gasteiger partial charge in [0.05, 0.1) is 13.2 Å². The molecular weight excluding hydrogens is 552 g/mol. The van der Waals surface area contributed by atoms with E-state index in [2.05, 4.69) is 54.1 Å². The molecule has 1 amide bonds. The fourth-order valence-corrected chi connectivity index (χ4v) is 5.46. The number of amides is 1. The second-order valence-electron chi connectivity index (χ2n) is 11.1. The molecule has 0 N–H and O–H groups in total. The van der Waals surface area contributed by atoms with Crippen LogP contribution in [-0.4, -0.2) is 43.4 Å². The maximum atomic E-state index is 12.2. The number of hydrogen-bond donors (Lipinski definition) is 0. The van der Waals surface area contributed by atoms with Crippen molar-refractivity contribution in [3.05, 3.63) is 42.6 Å². The van der Waals surface area contributed by atoms with Crippen molar-refractivity contribution in [2.75, 3.05) is 26.3 Å². The van der Waals surface area contributed by atoms with Crippen LogP contribution in [0, 0.1) is 0 Å². The first kappa shape index (κ1) is 33.5. The molecule has 5 nitrogen and oxygen atoms in total. The van der Waals surface area contributed by atoms with Gasteiger partial charge in [-0.25, -0.2) is 4.79 Å². The van der Waals surface area contributed by atoms with Gasteiger partial charge < -0.3 is 31.4 Å². The molecule has 0 aliphatic carbocycles. The molecular formula is C33H53BrN2O3. The highest BCUT2D eigenvalue weighted by Crippen LogP contribution is 2.15. The summed E-state index contributed by atoms with van der Waals surface area (Å²) in [6.07, 6.45) is 22.9. The first-order valence-electron chi connectivity index (χ1n) is 15.7. The van der Waals surface area contributed by atoms with E-state index in [0.29, 0.717) is 13.2 Å². The quantitative estimate of drug-likeness (QED) is 0.136. The Morgan fingerprint density at radius 2 is 1.44 bits per heavy atom. The minimum absolute atomic E-state index is 0. The summed E-state index contributed by atoms with van der Waals surface area (Å²) in [5.74, 6) is 0. The van der Waals surface area contributed by atoms with Gasteiger partial charge in [0.2, 0.25) is 5.52 Å². The predicted octanol–water partition coefficient (Wildman–Crippen LogP) is 5.23. The van der Waals surface area contributed by atoms with Crippen molar-refractivity contribution in [2.24, 2.45) is 0 Å². The van der Waals surface area contributed by atoms with Crippen LogP contribution in [0.4, 0.5) is 4.79 Å². The van der Waals surface area contributed by atoms with Crippen molar-refractivity contribution in [3.63, 3.8) is 0 Å². The fraction of sp³-hybridized carbons (Fsp3) is 0.697. The number of ether oxygens (including phenoxy) is 2. The van der Waals surface area contributed by atoms with Gasteiger partial charge in [0, 0.05) is 37.1 Å². The summed E-state index contributed by atoms with van der Waals surface area (Å²) in [6, 6.07) is 12.7. The van der Waals surface area contributed by atoms with Crippen LogP contribution in [0.3, 0.4) is 0 Å². The Morgan fingerprint density at radius 1 is 0.821 bits per heavy atom. The van der Waals surface area contributed by atoms with Crippen molar-refractivity contribution in [1.29, 1.82) is 0 Å². The van der Waals surface area contributed by atoms with E-state index in [4.69, 9.17) is 9.47 Å². The van der Waals surface area contributed by atoms with Crippen molar-refractivity contribution in [3.8, 4) is 0 Å². The van der Waals surface area contributed by atoms with Gasteiger partial charge in [0.25, 0.3) is 0 Å². The molecule has 220 valence electrons. The normalized spacial score (nSPS) is 15.1. The molecule has 3 rings (SSSR count). The Labute approximate surface area is 248 Å². The topological polar surface area (TPSA) is 42.7 Å². The van der Waals surface area contributed by atoms with Crippen LogP contribution >= 0.6 is 0 Å². The third-order valence-electron chi connectivity index (χ3n) is 7.76. The Bertz CT molecular complexity index is 904. The van der Waals surface area contributed by atoms with E-state index >= 15 is 0 Å². The first-order valence-corrected chi connectivity index (χ1v) is 15.7. The van der Waals surface area contributed by atoms with Crippen LogP contribution < -0.4 is 21.5 Å². The molecule has 1 aromatic heterocycles. The molecule has 1 aliphatic rings. The van der Waals surface area contributed by atoms with Gasteiger partial charge in [-0.3, -0.25) is 0 Å². The zero-order valence-electron chi connectivity index (χ0n) is 24.5. The molecule has 39 heavy (non-hydrogen) atoms. The summed E-state index contributed by atoms with van der Waals surface area (Å²) in [6.45, 7) is 5.93. The smallest absolute Gasteiger partial charge is 0.410 e. The van der Waals surface area contributed by atoms with Crippen LogP contribution in [0.15, 0.2) is 42.6 Å². The number of rotatable bonds is 22. The molecule has 1 aromatic carbocycles. The molecule has 1 unspecified atom stereocenters. The number of carbonyl (C=O) groups excluding carboxylic acids is 1. The number of benzene rings is 1. The van der Waals surface area contributed by atoms with E-state index in [1.165, 1.54) is 94.4 Å². The molecule has 1 atom stereocenters. The largest absolute Gasteiger partial charge is 1.00 e. The molecule has 0 spiro atoms. The lowest BCUT2D eigenvalue weighted by Crippen LogP contribution is -3.00. The van der Waals surface area contributed by atoms with Crippen LogP contribution in [0.2, 0.25) is 0 Å². The van der Waals surface area contributed by atoms with E-state index in [1.807, 2.05) is 4.90 Å². The molecule has 1 fully saturated rings. The van der Waals surface area contributed by atoms with Crippen LogP contribution in [0.25, 0.3) is 10.9 Å². The molecule has 0 saturated carbocycles. The van der Waals surface area contributed by atoms with Crippen molar-refractivity contribution in [2.45, 2.75) is 122 Å². The summed E-state index contributed by atoms with van der Waals surface area (Å²) in [4.78, 5) is 14.1. The zero-order valence-corrected chi connectivity index (χ0v) is 26.1. The summed E-state index contributed by atoms with van der Waals surface area (Å²) < 4.78 is 13.7. The van der Waals surface area contributed by atoms with Crippen LogP contribution in [-0.2, 0) is 16.0 Å². The number of fused-ring (bicyclic) bond motifs is 1. The number of carbonyl (C=O) groups is 1. The van der Waals surface area contributed by atoms with Crippen LogP contribution in [0.5, 0.6) is 0 Å². The van der Waals surface area contributed by atoms with Gasteiger partial charge in [0.15, 0.2) is 6.20 Å². The minimum atomic E-state index is -0.187. The number of halogens is 1. The number of pyridine rings is 1. The Morgan fingerprint density at radius 3 is 2.13 bits per heavy atom.